The van der Waals surface area contributed by atoms with Crippen molar-refractivity contribution in [3.05, 3.63) is 11.6 Å². The highest BCUT2D eigenvalue weighted by Gasteiger charge is 2.60. The molecule has 0 heterocycles. The molecule has 0 spiro atoms. The second-order valence-electron chi connectivity index (χ2n) is 8.47. The van der Waals surface area contributed by atoms with E-state index in [0.717, 1.165) is 38.5 Å². The number of aliphatic hydroxyl groups is 1. The van der Waals surface area contributed by atoms with Crippen molar-refractivity contribution in [2.75, 3.05) is 0 Å². The maximum atomic E-state index is 12.4. The molecule has 0 amide bonds. The van der Waals surface area contributed by atoms with Crippen LogP contribution in [0.25, 0.3) is 0 Å². The van der Waals surface area contributed by atoms with Gasteiger partial charge < -0.3 is 5.11 Å². The molecule has 1 unspecified atom stereocenters. The number of rotatable bonds is 0. The normalized spacial score (nSPS) is 51.0. The van der Waals surface area contributed by atoms with Gasteiger partial charge in [-0.1, -0.05) is 19.4 Å². The van der Waals surface area contributed by atoms with Gasteiger partial charge >= 0.3 is 0 Å². The smallest absolute Gasteiger partial charge is 0.158 e. The van der Waals surface area contributed by atoms with Gasteiger partial charge in [-0.3, -0.25) is 9.59 Å². The molecule has 4 aliphatic carbocycles. The molecule has 4 aliphatic rings. The molecule has 0 aromatic carbocycles. The van der Waals surface area contributed by atoms with E-state index in [1.807, 2.05) is 6.08 Å². The number of aliphatic hydroxyl groups excluding tert-OH is 1. The average molecular weight is 302 g/mol. The fraction of sp³-hybridized carbons (Fsp3) is 0.789. The van der Waals surface area contributed by atoms with Gasteiger partial charge in [0.1, 0.15) is 5.78 Å². The summed E-state index contributed by atoms with van der Waals surface area (Å²) in [6.45, 7) is 4.35. The number of hydrogen-bond donors (Lipinski definition) is 1. The van der Waals surface area contributed by atoms with Gasteiger partial charge in [-0.2, -0.15) is 0 Å². The molecule has 0 aromatic rings. The first-order chi connectivity index (χ1) is 10.4. The van der Waals surface area contributed by atoms with Crippen molar-refractivity contribution >= 4 is 11.6 Å². The van der Waals surface area contributed by atoms with Gasteiger partial charge in [0.25, 0.3) is 0 Å². The number of carbonyl (C=O) groups excluding carboxylic acids is 2. The predicted octanol–water partition coefficient (Wildman–Crippen LogP) is 3.06. The molecule has 1 N–H and O–H groups in total. The highest BCUT2D eigenvalue weighted by Crippen LogP contribution is 2.64. The number of hydrogen-bond acceptors (Lipinski definition) is 3. The molecule has 0 aliphatic heterocycles. The second-order valence-corrected chi connectivity index (χ2v) is 8.47. The lowest BCUT2D eigenvalue weighted by Gasteiger charge is -2.58. The molecule has 0 saturated heterocycles. The Kier molecular flexibility index (Phi) is 3.01. The summed E-state index contributed by atoms with van der Waals surface area (Å²) in [6, 6.07) is 0. The summed E-state index contributed by atoms with van der Waals surface area (Å²) in [4.78, 5) is 24.2. The number of Topliss-reactive ketones (excluding diaryl/α,β-unsaturated/α-hetero) is 1. The van der Waals surface area contributed by atoms with E-state index in [1.165, 1.54) is 5.57 Å². The van der Waals surface area contributed by atoms with E-state index in [0.29, 0.717) is 23.5 Å². The molecule has 22 heavy (non-hydrogen) atoms. The highest BCUT2D eigenvalue weighted by atomic mass is 16.3. The molecular weight excluding hydrogens is 276 g/mol. The van der Waals surface area contributed by atoms with Crippen LogP contribution in [-0.4, -0.2) is 22.8 Å². The fourth-order valence-corrected chi connectivity index (χ4v) is 6.38. The first kappa shape index (κ1) is 14.6. The van der Waals surface area contributed by atoms with Crippen LogP contribution < -0.4 is 0 Å². The minimum atomic E-state index is -0.547. The third-order valence-electron chi connectivity index (χ3n) is 7.78. The molecule has 3 heteroatoms. The van der Waals surface area contributed by atoms with E-state index < -0.39 is 6.10 Å². The van der Waals surface area contributed by atoms with Gasteiger partial charge in [0.2, 0.25) is 0 Å². The van der Waals surface area contributed by atoms with E-state index >= 15 is 0 Å². The first-order valence-electron chi connectivity index (χ1n) is 8.82. The third-order valence-corrected chi connectivity index (χ3v) is 7.78. The Morgan fingerprint density at radius 3 is 2.64 bits per heavy atom. The van der Waals surface area contributed by atoms with Gasteiger partial charge in [-0.05, 0) is 55.9 Å². The van der Waals surface area contributed by atoms with Gasteiger partial charge in [0.15, 0.2) is 5.78 Å². The second kappa shape index (κ2) is 4.53. The van der Waals surface area contributed by atoms with Crippen LogP contribution in [0, 0.1) is 28.6 Å². The number of carbonyl (C=O) groups is 2. The Bertz CT molecular complexity index is 577. The summed E-state index contributed by atoms with van der Waals surface area (Å²) in [6.07, 6.45) is 7.28. The van der Waals surface area contributed by atoms with Gasteiger partial charge in [0.05, 0.1) is 6.10 Å². The minimum Gasteiger partial charge on any atom is -0.392 e. The van der Waals surface area contributed by atoms with Gasteiger partial charge in [0, 0.05) is 23.7 Å². The van der Waals surface area contributed by atoms with Crippen molar-refractivity contribution in [1.82, 2.24) is 0 Å². The maximum Gasteiger partial charge on any atom is 0.158 e. The van der Waals surface area contributed by atoms with E-state index in [1.54, 1.807) is 0 Å². The van der Waals surface area contributed by atoms with Crippen molar-refractivity contribution in [2.24, 2.45) is 28.6 Å². The Morgan fingerprint density at radius 1 is 1.09 bits per heavy atom. The molecule has 3 fully saturated rings. The maximum absolute atomic E-state index is 12.4. The summed E-state index contributed by atoms with van der Waals surface area (Å²) in [5.74, 6) is 1.99. The predicted molar refractivity (Wildman–Crippen MR) is 83.1 cm³/mol. The Hall–Kier alpha value is -0.960. The zero-order chi connectivity index (χ0) is 15.7. The lowest BCUT2D eigenvalue weighted by Crippen LogP contribution is -2.55. The van der Waals surface area contributed by atoms with Crippen molar-refractivity contribution in [2.45, 2.75) is 64.9 Å². The molecular formula is C19H26O3. The van der Waals surface area contributed by atoms with Gasteiger partial charge in [-0.25, -0.2) is 0 Å². The zero-order valence-electron chi connectivity index (χ0n) is 13.6. The van der Waals surface area contributed by atoms with E-state index in [9.17, 15) is 14.7 Å². The lowest BCUT2D eigenvalue weighted by molar-refractivity contribution is -0.136. The van der Waals surface area contributed by atoms with Crippen molar-refractivity contribution in [3.8, 4) is 0 Å². The van der Waals surface area contributed by atoms with Crippen LogP contribution in [0.3, 0.4) is 0 Å². The van der Waals surface area contributed by atoms with Crippen LogP contribution in [0.15, 0.2) is 11.6 Å². The molecule has 3 saturated carbocycles. The molecule has 4 rings (SSSR count). The largest absolute Gasteiger partial charge is 0.392 e. The average Bonchev–Trinajstić information content (AvgIpc) is 2.77. The minimum absolute atomic E-state index is 0.0788. The Balaban J connectivity index is 1.73. The number of fused-ring (bicyclic) bond motifs is 5. The summed E-state index contributed by atoms with van der Waals surface area (Å²) >= 11 is 0. The molecule has 120 valence electrons. The van der Waals surface area contributed by atoms with Crippen LogP contribution in [0.2, 0.25) is 0 Å². The van der Waals surface area contributed by atoms with Crippen LogP contribution in [0.1, 0.15) is 58.8 Å². The number of ketones is 2. The Morgan fingerprint density at radius 2 is 1.86 bits per heavy atom. The SMILES string of the molecule is C[C@]12CC[C@@H]3[C@@H](CCC4=CC(=O)CC(O)[C@@]43C)[C@@H]1CCC2=O. The van der Waals surface area contributed by atoms with Crippen molar-refractivity contribution in [3.63, 3.8) is 0 Å². The van der Waals surface area contributed by atoms with Crippen LogP contribution >= 0.6 is 0 Å². The molecule has 0 radical (unpaired) electrons. The highest BCUT2D eigenvalue weighted by molar-refractivity contribution is 5.92. The van der Waals surface area contributed by atoms with Crippen LogP contribution in [0.4, 0.5) is 0 Å². The summed E-state index contributed by atoms with van der Waals surface area (Å²) < 4.78 is 0. The molecule has 0 bridgehead atoms. The van der Waals surface area contributed by atoms with E-state index in [4.69, 9.17) is 0 Å². The summed E-state index contributed by atoms with van der Waals surface area (Å²) in [5, 5.41) is 10.7. The topological polar surface area (TPSA) is 54.4 Å². The monoisotopic (exact) mass is 302 g/mol. The molecule has 3 nitrogen and oxygen atoms in total. The Labute approximate surface area is 132 Å². The van der Waals surface area contributed by atoms with Crippen molar-refractivity contribution in [1.29, 1.82) is 0 Å². The first-order valence-corrected chi connectivity index (χ1v) is 8.82. The lowest BCUT2D eigenvalue weighted by atomic mass is 9.47. The fourth-order valence-electron chi connectivity index (χ4n) is 6.38. The summed E-state index contributed by atoms with van der Waals surface area (Å²) in [5.41, 5.74) is 0.809. The van der Waals surface area contributed by atoms with Crippen molar-refractivity contribution < 1.29 is 14.7 Å². The van der Waals surface area contributed by atoms with Gasteiger partial charge in [-0.15, -0.1) is 0 Å². The quantitative estimate of drug-likeness (QED) is 0.748. The van der Waals surface area contributed by atoms with E-state index in [2.05, 4.69) is 13.8 Å². The van der Waals surface area contributed by atoms with E-state index in [-0.39, 0.29) is 23.0 Å². The van der Waals surface area contributed by atoms with Crippen LogP contribution in [0.5, 0.6) is 0 Å². The molecule has 6 atom stereocenters. The zero-order valence-corrected chi connectivity index (χ0v) is 13.6. The summed E-state index contributed by atoms with van der Waals surface area (Å²) in [7, 11) is 0. The standard InChI is InChI=1S/C19H26O3/c1-18-8-7-15-13(14(18)5-6-16(18)21)4-3-11-9-12(20)10-17(22)19(11,15)2/h9,13-15,17,22H,3-8,10H2,1-2H3/t13-,14-,15+,17?,18-,19-/m0/s1. The third kappa shape index (κ3) is 1.66. The molecule has 0 aromatic heterocycles. The van der Waals surface area contributed by atoms with Crippen LogP contribution in [-0.2, 0) is 9.59 Å².